The lowest BCUT2D eigenvalue weighted by Crippen LogP contribution is -2.34. The van der Waals surface area contributed by atoms with Crippen molar-refractivity contribution in [1.29, 1.82) is 0 Å². The van der Waals surface area contributed by atoms with Crippen molar-refractivity contribution >= 4 is 10.0 Å². The minimum absolute atomic E-state index is 0.174. The molecule has 4 nitrogen and oxygen atoms in total. The van der Waals surface area contributed by atoms with E-state index in [0.717, 1.165) is 18.9 Å². The number of rotatable bonds is 5. The molecule has 100 valence electrons. The summed E-state index contributed by atoms with van der Waals surface area (Å²) < 4.78 is 40.1. The zero-order valence-electron chi connectivity index (χ0n) is 10.1. The van der Waals surface area contributed by atoms with Gasteiger partial charge in [-0.05, 0) is 43.4 Å². The van der Waals surface area contributed by atoms with Crippen LogP contribution in [0.5, 0.6) is 0 Å². The first-order valence-corrected chi connectivity index (χ1v) is 7.34. The van der Waals surface area contributed by atoms with Gasteiger partial charge in [0.1, 0.15) is 10.7 Å². The number of halogens is 1. The maximum atomic E-state index is 13.7. The van der Waals surface area contributed by atoms with E-state index in [1.165, 1.54) is 12.1 Å². The lowest BCUT2D eigenvalue weighted by atomic mass is 10.2. The molecule has 2 rings (SSSR count). The molecule has 0 amide bonds. The van der Waals surface area contributed by atoms with Crippen LogP contribution in [0.2, 0.25) is 0 Å². The standard InChI is InChI=1S/C12H16FNO3S/c1-8(10-3-4-10)14-18(16,17)12-5-2-9(7-15)6-11(12)13/h2,5-6,8,10,14-15H,3-4,7H2,1H3. The third-order valence-corrected chi connectivity index (χ3v) is 4.73. The smallest absolute Gasteiger partial charge is 0.243 e. The highest BCUT2D eigenvalue weighted by molar-refractivity contribution is 7.89. The maximum Gasteiger partial charge on any atom is 0.243 e. The molecule has 0 radical (unpaired) electrons. The van der Waals surface area contributed by atoms with Crippen molar-refractivity contribution < 1.29 is 17.9 Å². The predicted octanol–water partition coefficient (Wildman–Crippen LogP) is 1.39. The number of sulfonamides is 1. The Morgan fingerprint density at radius 2 is 2.17 bits per heavy atom. The van der Waals surface area contributed by atoms with Crippen molar-refractivity contribution in [3.8, 4) is 0 Å². The van der Waals surface area contributed by atoms with Gasteiger partial charge in [-0.1, -0.05) is 6.07 Å². The Labute approximate surface area is 106 Å². The van der Waals surface area contributed by atoms with Crippen molar-refractivity contribution in [2.75, 3.05) is 0 Å². The van der Waals surface area contributed by atoms with Crippen LogP contribution in [-0.4, -0.2) is 19.6 Å². The molecule has 2 N–H and O–H groups in total. The minimum atomic E-state index is -3.83. The molecular weight excluding hydrogens is 257 g/mol. The first kappa shape index (κ1) is 13.5. The van der Waals surface area contributed by atoms with Crippen LogP contribution >= 0.6 is 0 Å². The van der Waals surface area contributed by atoms with Gasteiger partial charge in [0.2, 0.25) is 10.0 Å². The van der Waals surface area contributed by atoms with Crippen LogP contribution in [0.25, 0.3) is 0 Å². The number of aliphatic hydroxyl groups is 1. The van der Waals surface area contributed by atoms with Crippen molar-refractivity contribution in [3.05, 3.63) is 29.6 Å². The normalized spacial score (nSPS) is 17.7. The van der Waals surface area contributed by atoms with Gasteiger partial charge >= 0.3 is 0 Å². The van der Waals surface area contributed by atoms with Gasteiger partial charge < -0.3 is 5.11 Å². The van der Waals surface area contributed by atoms with E-state index in [0.29, 0.717) is 11.5 Å². The van der Waals surface area contributed by atoms with Crippen LogP contribution in [0.4, 0.5) is 4.39 Å². The minimum Gasteiger partial charge on any atom is -0.392 e. The average Bonchev–Trinajstić information content (AvgIpc) is 3.11. The summed E-state index contributed by atoms with van der Waals surface area (Å²) >= 11 is 0. The Bertz CT molecular complexity index is 540. The fourth-order valence-electron chi connectivity index (χ4n) is 1.86. The van der Waals surface area contributed by atoms with Gasteiger partial charge in [0.05, 0.1) is 6.61 Å². The number of benzene rings is 1. The first-order chi connectivity index (χ1) is 8.44. The second kappa shape index (κ2) is 4.95. The highest BCUT2D eigenvalue weighted by Gasteiger charge is 2.32. The third kappa shape index (κ3) is 2.88. The summed E-state index contributed by atoms with van der Waals surface area (Å²) in [6.45, 7) is 1.47. The summed E-state index contributed by atoms with van der Waals surface area (Å²) in [6, 6.07) is 3.45. The Morgan fingerprint density at radius 3 is 2.67 bits per heavy atom. The monoisotopic (exact) mass is 273 g/mol. The molecule has 1 saturated carbocycles. The molecule has 1 aromatic carbocycles. The van der Waals surface area contributed by atoms with E-state index in [-0.39, 0.29) is 17.5 Å². The molecule has 1 atom stereocenters. The highest BCUT2D eigenvalue weighted by Crippen LogP contribution is 2.33. The molecule has 0 heterocycles. The van der Waals surface area contributed by atoms with Crippen LogP contribution < -0.4 is 4.72 Å². The predicted molar refractivity (Wildman–Crippen MR) is 64.8 cm³/mol. The van der Waals surface area contributed by atoms with Crippen molar-refractivity contribution in [2.45, 2.75) is 37.3 Å². The van der Waals surface area contributed by atoms with Gasteiger partial charge in [-0.15, -0.1) is 0 Å². The zero-order valence-corrected chi connectivity index (χ0v) is 10.9. The molecule has 1 fully saturated rings. The number of aliphatic hydroxyl groups excluding tert-OH is 1. The molecule has 1 aromatic rings. The lowest BCUT2D eigenvalue weighted by Gasteiger charge is -2.14. The molecule has 18 heavy (non-hydrogen) atoms. The molecule has 6 heteroatoms. The van der Waals surface area contributed by atoms with Crippen molar-refractivity contribution in [2.24, 2.45) is 5.92 Å². The van der Waals surface area contributed by atoms with E-state index < -0.39 is 15.8 Å². The molecule has 0 spiro atoms. The Hall–Kier alpha value is -0.980. The maximum absolute atomic E-state index is 13.7. The highest BCUT2D eigenvalue weighted by atomic mass is 32.2. The van der Waals surface area contributed by atoms with Gasteiger partial charge in [0.15, 0.2) is 0 Å². The van der Waals surface area contributed by atoms with Gasteiger partial charge in [0.25, 0.3) is 0 Å². The van der Waals surface area contributed by atoms with Crippen LogP contribution in [-0.2, 0) is 16.6 Å². The number of hydrogen-bond acceptors (Lipinski definition) is 3. The summed E-state index contributed by atoms with van der Waals surface area (Å²) in [4.78, 5) is -0.368. The Balaban J connectivity index is 2.23. The molecule has 1 unspecified atom stereocenters. The summed E-state index contributed by atoms with van der Waals surface area (Å²) in [5, 5.41) is 8.85. The Morgan fingerprint density at radius 1 is 1.50 bits per heavy atom. The summed E-state index contributed by atoms with van der Waals surface area (Å²) in [5.74, 6) is -0.475. The second-order valence-electron chi connectivity index (χ2n) is 4.67. The number of nitrogens with one attached hydrogen (secondary N) is 1. The summed E-state index contributed by atoms with van der Waals surface area (Å²) in [7, 11) is -3.83. The van der Waals surface area contributed by atoms with Crippen molar-refractivity contribution in [3.63, 3.8) is 0 Å². The molecule has 0 aromatic heterocycles. The molecular formula is C12H16FNO3S. The van der Waals surface area contributed by atoms with Gasteiger partial charge in [-0.25, -0.2) is 17.5 Å². The lowest BCUT2D eigenvalue weighted by molar-refractivity contribution is 0.281. The van der Waals surface area contributed by atoms with E-state index in [1.807, 2.05) is 0 Å². The fourth-order valence-corrected chi connectivity index (χ4v) is 3.23. The van der Waals surface area contributed by atoms with E-state index >= 15 is 0 Å². The van der Waals surface area contributed by atoms with E-state index in [4.69, 9.17) is 5.11 Å². The Kier molecular flexibility index (Phi) is 3.70. The first-order valence-electron chi connectivity index (χ1n) is 5.85. The van der Waals surface area contributed by atoms with Crippen LogP contribution in [0, 0.1) is 11.7 Å². The SMILES string of the molecule is CC(NS(=O)(=O)c1ccc(CO)cc1F)C1CC1. The molecule has 0 aliphatic heterocycles. The van der Waals surface area contributed by atoms with Crippen LogP contribution in [0.15, 0.2) is 23.1 Å². The summed E-state index contributed by atoms with van der Waals surface area (Å²) in [6.07, 6.45) is 2.02. The van der Waals surface area contributed by atoms with Gasteiger partial charge in [-0.3, -0.25) is 0 Å². The summed E-state index contributed by atoms with van der Waals surface area (Å²) in [5.41, 5.74) is 0.349. The van der Waals surface area contributed by atoms with E-state index in [1.54, 1.807) is 6.92 Å². The fraction of sp³-hybridized carbons (Fsp3) is 0.500. The second-order valence-corrected chi connectivity index (χ2v) is 6.35. The molecule has 0 bridgehead atoms. The molecule has 0 saturated heterocycles. The van der Waals surface area contributed by atoms with Crippen LogP contribution in [0.1, 0.15) is 25.3 Å². The van der Waals surface area contributed by atoms with E-state index in [9.17, 15) is 12.8 Å². The molecule has 1 aliphatic rings. The van der Waals surface area contributed by atoms with E-state index in [2.05, 4.69) is 4.72 Å². The van der Waals surface area contributed by atoms with Crippen LogP contribution in [0.3, 0.4) is 0 Å². The van der Waals surface area contributed by atoms with Gasteiger partial charge in [0, 0.05) is 6.04 Å². The third-order valence-electron chi connectivity index (χ3n) is 3.14. The number of hydrogen-bond donors (Lipinski definition) is 2. The topological polar surface area (TPSA) is 66.4 Å². The average molecular weight is 273 g/mol. The quantitative estimate of drug-likeness (QED) is 0.852. The largest absolute Gasteiger partial charge is 0.392 e. The van der Waals surface area contributed by atoms with Crippen molar-refractivity contribution in [1.82, 2.24) is 4.72 Å². The van der Waals surface area contributed by atoms with Gasteiger partial charge in [-0.2, -0.15) is 0 Å². The zero-order chi connectivity index (χ0) is 13.3. The molecule has 1 aliphatic carbocycles.